The van der Waals surface area contributed by atoms with E-state index in [9.17, 15) is 4.79 Å². The van der Waals surface area contributed by atoms with Gasteiger partial charge in [0.15, 0.2) is 6.61 Å². The van der Waals surface area contributed by atoms with Crippen molar-refractivity contribution < 1.29 is 14.1 Å². The van der Waals surface area contributed by atoms with Gasteiger partial charge in [-0.15, -0.1) is 0 Å². The Morgan fingerprint density at radius 1 is 1.12 bits per heavy atom. The maximum Gasteiger partial charge on any atom is 0.270 e. The number of nitrogens with one attached hydrogen (secondary N) is 1. The third-order valence-corrected chi connectivity index (χ3v) is 3.42. The van der Waals surface area contributed by atoms with Crippen molar-refractivity contribution in [1.82, 2.24) is 10.1 Å². The average Bonchev–Trinajstić information content (AvgIpc) is 3.03. The Morgan fingerprint density at radius 2 is 1.92 bits per heavy atom. The summed E-state index contributed by atoms with van der Waals surface area (Å²) < 4.78 is 10.4. The normalized spacial score (nSPS) is 10.4. The number of carbonyl (C=O) groups is 1. The van der Waals surface area contributed by atoms with E-state index in [-0.39, 0.29) is 18.4 Å². The second kappa shape index (κ2) is 7.33. The molecular weight excluding hydrogens is 353 g/mol. The van der Waals surface area contributed by atoms with E-state index in [0.717, 1.165) is 0 Å². The number of halogens is 2. The van der Waals surface area contributed by atoms with Gasteiger partial charge in [0.05, 0.1) is 0 Å². The molecule has 122 valence electrons. The standard InChI is InChI=1S/C16H11Cl2N3O3/c17-11-4-6-13(7-5-11)23-9-14(22)19-16-20-15(24-21-16)10-2-1-3-12(18)8-10/h1-8H,9H2,(H,19,21,22). The van der Waals surface area contributed by atoms with Crippen molar-refractivity contribution >= 4 is 35.1 Å². The van der Waals surface area contributed by atoms with Crippen molar-refractivity contribution in [3.63, 3.8) is 0 Å². The molecular formula is C16H11Cl2N3O3. The number of amides is 1. The molecule has 0 atom stereocenters. The van der Waals surface area contributed by atoms with Crippen LogP contribution in [0.4, 0.5) is 5.95 Å². The van der Waals surface area contributed by atoms with Gasteiger partial charge in [-0.3, -0.25) is 10.1 Å². The van der Waals surface area contributed by atoms with Crippen molar-refractivity contribution in [2.24, 2.45) is 0 Å². The molecule has 0 bridgehead atoms. The lowest BCUT2D eigenvalue weighted by Crippen LogP contribution is -2.20. The molecule has 6 nitrogen and oxygen atoms in total. The van der Waals surface area contributed by atoms with Gasteiger partial charge < -0.3 is 9.26 Å². The maximum atomic E-state index is 11.8. The Balaban J connectivity index is 1.58. The van der Waals surface area contributed by atoms with Crippen molar-refractivity contribution in [3.8, 4) is 17.2 Å². The predicted octanol–water partition coefficient (Wildman–Crippen LogP) is 4.06. The van der Waals surface area contributed by atoms with E-state index >= 15 is 0 Å². The third kappa shape index (κ3) is 4.24. The lowest BCUT2D eigenvalue weighted by Gasteiger charge is -2.04. The highest BCUT2D eigenvalue weighted by Gasteiger charge is 2.12. The third-order valence-electron chi connectivity index (χ3n) is 2.93. The summed E-state index contributed by atoms with van der Waals surface area (Å²) >= 11 is 11.7. The van der Waals surface area contributed by atoms with Gasteiger partial charge in [-0.25, -0.2) is 0 Å². The molecule has 0 saturated carbocycles. The van der Waals surface area contributed by atoms with Gasteiger partial charge in [0.25, 0.3) is 17.7 Å². The highest BCUT2D eigenvalue weighted by molar-refractivity contribution is 6.31. The Morgan fingerprint density at radius 3 is 2.67 bits per heavy atom. The lowest BCUT2D eigenvalue weighted by atomic mass is 10.2. The van der Waals surface area contributed by atoms with Gasteiger partial charge in [0.2, 0.25) is 0 Å². The number of ether oxygens (including phenoxy) is 1. The molecule has 1 aromatic heterocycles. The van der Waals surface area contributed by atoms with Gasteiger partial charge in [0.1, 0.15) is 5.75 Å². The molecule has 0 saturated heterocycles. The van der Waals surface area contributed by atoms with E-state index < -0.39 is 5.91 Å². The summed E-state index contributed by atoms with van der Waals surface area (Å²) in [7, 11) is 0. The SMILES string of the molecule is O=C(COc1ccc(Cl)cc1)Nc1noc(-c2cccc(Cl)c2)n1. The first-order chi connectivity index (χ1) is 11.6. The molecule has 24 heavy (non-hydrogen) atoms. The zero-order valence-corrected chi connectivity index (χ0v) is 13.7. The van der Waals surface area contributed by atoms with Gasteiger partial charge in [-0.2, -0.15) is 4.98 Å². The van der Waals surface area contributed by atoms with Crippen LogP contribution in [-0.2, 0) is 4.79 Å². The summed E-state index contributed by atoms with van der Waals surface area (Å²) in [6.07, 6.45) is 0. The van der Waals surface area contributed by atoms with Crippen molar-refractivity contribution in [1.29, 1.82) is 0 Å². The van der Waals surface area contributed by atoms with Gasteiger partial charge in [0, 0.05) is 15.6 Å². The second-order valence-corrected chi connectivity index (χ2v) is 5.60. The van der Waals surface area contributed by atoms with Crippen LogP contribution < -0.4 is 10.1 Å². The number of nitrogens with zero attached hydrogens (tertiary/aromatic N) is 2. The maximum absolute atomic E-state index is 11.8. The first kappa shape index (κ1) is 16.3. The number of aromatic nitrogens is 2. The zero-order valence-electron chi connectivity index (χ0n) is 12.2. The molecule has 1 N–H and O–H groups in total. The van der Waals surface area contributed by atoms with Crippen molar-refractivity contribution in [2.75, 3.05) is 11.9 Å². The molecule has 0 fully saturated rings. The fourth-order valence-electron chi connectivity index (χ4n) is 1.85. The zero-order chi connectivity index (χ0) is 16.9. The number of hydrogen-bond donors (Lipinski definition) is 1. The molecule has 2 aromatic carbocycles. The van der Waals surface area contributed by atoms with Crippen molar-refractivity contribution in [2.45, 2.75) is 0 Å². The topological polar surface area (TPSA) is 77.2 Å². The van der Waals surface area contributed by atoms with E-state index in [4.69, 9.17) is 32.5 Å². The Kier molecular flexibility index (Phi) is 4.98. The highest BCUT2D eigenvalue weighted by atomic mass is 35.5. The number of anilines is 1. The molecule has 0 aliphatic carbocycles. The van der Waals surface area contributed by atoms with Crippen molar-refractivity contribution in [3.05, 3.63) is 58.6 Å². The lowest BCUT2D eigenvalue weighted by molar-refractivity contribution is -0.118. The Labute approximate surface area is 147 Å². The van der Waals surface area contributed by atoms with Gasteiger partial charge >= 0.3 is 0 Å². The largest absolute Gasteiger partial charge is 0.484 e. The number of hydrogen-bond acceptors (Lipinski definition) is 5. The summed E-state index contributed by atoms with van der Waals surface area (Å²) in [4.78, 5) is 15.9. The minimum atomic E-state index is -0.414. The summed E-state index contributed by atoms with van der Waals surface area (Å²) in [6, 6.07) is 13.6. The van der Waals surface area contributed by atoms with E-state index in [1.807, 2.05) is 0 Å². The summed E-state index contributed by atoms with van der Waals surface area (Å²) in [6.45, 7) is -0.192. The van der Waals surface area contributed by atoms with E-state index in [1.54, 1.807) is 48.5 Å². The molecule has 3 rings (SSSR count). The minimum absolute atomic E-state index is 0.0506. The summed E-state index contributed by atoms with van der Waals surface area (Å²) in [5.41, 5.74) is 0.660. The van der Waals surface area contributed by atoms with Crippen LogP contribution in [0.15, 0.2) is 53.1 Å². The molecule has 0 unspecified atom stereocenters. The molecule has 0 spiro atoms. The fraction of sp³-hybridized carbons (Fsp3) is 0.0625. The monoisotopic (exact) mass is 363 g/mol. The molecule has 1 heterocycles. The van der Waals surface area contributed by atoms with Crippen LogP contribution in [0.5, 0.6) is 5.75 Å². The van der Waals surface area contributed by atoms with Gasteiger partial charge in [-0.1, -0.05) is 29.3 Å². The Bertz CT molecular complexity index is 850. The predicted molar refractivity (Wildman–Crippen MR) is 90.3 cm³/mol. The highest BCUT2D eigenvalue weighted by Crippen LogP contribution is 2.22. The number of rotatable bonds is 5. The Hall–Kier alpha value is -2.57. The molecule has 3 aromatic rings. The van der Waals surface area contributed by atoms with E-state index in [2.05, 4.69) is 15.5 Å². The van der Waals surface area contributed by atoms with Crippen LogP contribution in [0.2, 0.25) is 10.0 Å². The van der Waals surface area contributed by atoms with E-state index in [1.165, 1.54) is 0 Å². The fourth-order valence-corrected chi connectivity index (χ4v) is 2.17. The van der Waals surface area contributed by atoms with Crippen LogP contribution in [0.3, 0.4) is 0 Å². The van der Waals surface area contributed by atoms with Gasteiger partial charge in [-0.05, 0) is 47.6 Å². The van der Waals surface area contributed by atoms with Crippen LogP contribution in [-0.4, -0.2) is 22.7 Å². The number of benzene rings is 2. The molecule has 0 radical (unpaired) electrons. The van der Waals surface area contributed by atoms with Crippen LogP contribution >= 0.6 is 23.2 Å². The molecule has 1 amide bonds. The second-order valence-electron chi connectivity index (χ2n) is 4.72. The molecule has 0 aliphatic heterocycles. The first-order valence-corrected chi connectivity index (χ1v) is 7.63. The summed E-state index contributed by atoms with van der Waals surface area (Å²) in [5, 5.41) is 7.32. The van der Waals surface area contributed by atoms with Crippen LogP contribution in [0.25, 0.3) is 11.5 Å². The number of carbonyl (C=O) groups excluding carboxylic acids is 1. The minimum Gasteiger partial charge on any atom is -0.484 e. The average molecular weight is 364 g/mol. The van der Waals surface area contributed by atoms with E-state index in [0.29, 0.717) is 21.4 Å². The quantitative estimate of drug-likeness (QED) is 0.739. The van der Waals surface area contributed by atoms with Crippen LogP contribution in [0.1, 0.15) is 0 Å². The molecule has 8 heteroatoms. The summed E-state index contributed by atoms with van der Waals surface area (Å²) in [5.74, 6) is 0.423. The molecule has 0 aliphatic rings. The van der Waals surface area contributed by atoms with Crippen LogP contribution in [0, 0.1) is 0 Å². The smallest absolute Gasteiger partial charge is 0.270 e. The first-order valence-electron chi connectivity index (χ1n) is 6.88.